The number of benzene rings is 1. The molecule has 1 aliphatic rings. The number of halogens is 1. The molecule has 2 aromatic rings. The van der Waals surface area contributed by atoms with E-state index in [0.29, 0.717) is 32.3 Å². The lowest BCUT2D eigenvalue weighted by Crippen LogP contribution is -2.46. The molecule has 0 saturated carbocycles. The second-order valence-electron chi connectivity index (χ2n) is 6.34. The lowest BCUT2D eigenvalue weighted by Gasteiger charge is -2.35. The Hall–Kier alpha value is -2.51. The molecule has 2 heterocycles. The van der Waals surface area contributed by atoms with Gasteiger partial charge < -0.3 is 15.4 Å². The molecule has 7 heteroatoms. The number of nitrogens with one attached hydrogen (secondary N) is 2. The second-order valence-corrected chi connectivity index (χ2v) is 6.34. The van der Waals surface area contributed by atoms with Crippen LogP contribution in [0.5, 0.6) is 0 Å². The molecule has 1 unspecified atom stereocenters. The van der Waals surface area contributed by atoms with Gasteiger partial charge in [0.05, 0.1) is 31.5 Å². The Kier molecular flexibility index (Phi) is 7.12. The molecule has 27 heavy (non-hydrogen) atoms. The molecule has 3 rings (SSSR count). The SMILES string of the molecule is CN=C(NCc1ccccn1)NCC(c1ccc(F)cc1)N1CCOCC1. The fourth-order valence-electron chi connectivity index (χ4n) is 3.12. The van der Waals surface area contributed by atoms with Crippen molar-refractivity contribution in [3.05, 3.63) is 65.7 Å². The van der Waals surface area contributed by atoms with Crippen LogP contribution in [0.15, 0.2) is 53.7 Å². The summed E-state index contributed by atoms with van der Waals surface area (Å²) in [5, 5.41) is 6.66. The summed E-state index contributed by atoms with van der Waals surface area (Å²) >= 11 is 0. The summed E-state index contributed by atoms with van der Waals surface area (Å²) in [7, 11) is 1.75. The Morgan fingerprint density at radius 3 is 2.63 bits per heavy atom. The Morgan fingerprint density at radius 2 is 1.96 bits per heavy atom. The first kappa shape index (κ1) is 19.3. The van der Waals surface area contributed by atoms with E-state index in [9.17, 15) is 4.39 Å². The summed E-state index contributed by atoms with van der Waals surface area (Å²) in [6.07, 6.45) is 1.77. The van der Waals surface area contributed by atoms with Crippen molar-refractivity contribution in [1.29, 1.82) is 0 Å². The lowest BCUT2D eigenvalue weighted by atomic mass is 10.0. The van der Waals surface area contributed by atoms with E-state index in [1.54, 1.807) is 13.2 Å². The minimum absolute atomic E-state index is 0.114. The quantitative estimate of drug-likeness (QED) is 0.600. The van der Waals surface area contributed by atoms with Crippen LogP contribution in [0.3, 0.4) is 0 Å². The maximum atomic E-state index is 13.3. The molecule has 1 saturated heterocycles. The number of ether oxygens (including phenoxy) is 1. The summed E-state index contributed by atoms with van der Waals surface area (Å²) in [5.41, 5.74) is 2.02. The van der Waals surface area contributed by atoms with E-state index >= 15 is 0 Å². The molecule has 1 aromatic carbocycles. The van der Waals surface area contributed by atoms with Crippen LogP contribution in [0.1, 0.15) is 17.3 Å². The normalized spacial score (nSPS) is 16.7. The topological polar surface area (TPSA) is 61.8 Å². The highest BCUT2D eigenvalue weighted by atomic mass is 19.1. The Balaban J connectivity index is 1.62. The van der Waals surface area contributed by atoms with E-state index in [0.717, 1.165) is 24.3 Å². The minimum atomic E-state index is -0.222. The summed E-state index contributed by atoms with van der Waals surface area (Å²) in [5.74, 6) is 0.487. The predicted octanol–water partition coefficient (Wildman–Crippen LogP) is 1.96. The molecule has 144 valence electrons. The van der Waals surface area contributed by atoms with Crippen molar-refractivity contribution in [3.8, 4) is 0 Å². The maximum Gasteiger partial charge on any atom is 0.191 e. The van der Waals surface area contributed by atoms with E-state index < -0.39 is 0 Å². The standard InChI is InChI=1S/C20H26FN5O/c1-22-20(24-14-18-4-2-3-9-23-18)25-15-19(26-10-12-27-13-11-26)16-5-7-17(21)8-6-16/h2-9,19H,10-15H2,1H3,(H2,22,24,25). The maximum absolute atomic E-state index is 13.3. The zero-order valence-electron chi connectivity index (χ0n) is 15.6. The molecule has 0 amide bonds. The van der Waals surface area contributed by atoms with Gasteiger partial charge in [0.2, 0.25) is 0 Å². The van der Waals surface area contributed by atoms with Gasteiger partial charge in [-0.3, -0.25) is 14.9 Å². The van der Waals surface area contributed by atoms with Crippen molar-refractivity contribution >= 4 is 5.96 Å². The Morgan fingerprint density at radius 1 is 1.19 bits per heavy atom. The average molecular weight is 371 g/mol. The van der Waals surface area contributed by atoms with Crippen LogP contribution < -0.4 is 10.6 Å². The molecule has 2 N–H and O–H groups in total. The number of guanidine groups is 1. The number of morpholine rings is 1. The monoisotopic (exact) mass is 371 g/mol. The number of pyridine rings is 1. The highest BCUT2D eigenvalue weighted by molar-refractivity contribution is 5.79. The van der Waals surface area contributed by atoms with E-state index in [-0.39, 0.29) is 11.9 Å². The number of aliphatic imine (C=N–C) groups is 1. The van der Waals surface area contributed by atoms with Crippen molar-refractivity contribution < 1.29 is 9.13 Å². The van der Waals surface area contributed by atoms with Crippen molar-refractivity contribution in [3.63, 3.8) is 0 Å². The van der Waals surface area contributed by atoms with Gasteiger partial charge in [0.15, 0.2) is 5.96 Å². The third-order valence-electron chi connectivity index (χ3n) is 4.59. The van der Waals surface area contributed by atoms with Crippen molar-refractivity contribution in [2.45, 2.75) is 12.6 Å². The molecular formula is C20H26FN5O. The zero-order chi connectivity index (χ0) is 18.9. The first-order chi connectivity index (χ1) is 13.3. The van der Waals surface area contributed by atoms with Gasteiger partial charge in [-0.05, 0) is 29.8 Å². The van der Waals surface area contributed by atoms with Crippen molar-refractivity contribution in [2.75, 3.05) is 39.9 Å². The molecule has 0 radical (unpaired) electrons. The fraction of sp³-hybridized carbons (Fsp3) is 0.400. The molecule has 1 aliphatic heterocycles. The minimum Gasteiger partial charge on any atom is -0.379 e. The van der Waals surface area contributed by atoms with Gasteiger partial charge in [0, 0.05) is 32.9 Å². The van der Waals surface area contributed by atoms with Crippen LogP contribution >= 0.6 is 0 Å². The van der Waals surface area contributed by atoms with Crippen LogP contribution in [0, 0.1) is 5.82 Å². The predicted molar refractivity (Wildman–Crippen MR) is 104 cm³/mol. The molecule has 1 atom stereocenters. The summed E-state index contributed by atoms with van der Waals surface area (Å²) in [6.45, 7) is 4.38. The van der Waals surface area contributed by atoms with E-state index in [2.05, 4.69) is 25.5 Å². The van der Waals surface area contributed by atoms with Gasteiger partial charge in [-0.25, -0.2) is 4.39 Å². The smallest absolute Gasteiger partial charge is 0.191 e. The van der Waals surface area contributed by atoms with Gasteiger partial charge in [0.25, 0.3) is 0 Å². The fourth-order valence-corrected chi connectivity index (χ4v) is 3.12. The number of rotatable bonds is 6. The largest absolute Gasteiger partial charge is 0.379 e. The third-order valence-corrected chi connectivity index (χ3v) is 4.59. The average Bonchev–Trinajstić information content (AvgIpc) is 2.73. The Bertz CT molecular complexity index is 717. The van der Waals surface area contributed by atoms with E-state index in [4.69, 9.17) is 4.74 Å². The Labute approximate surface area is 159 Å². The number of hydrogen-bond donors (Lipinski definition) is 2. The van der Waals surface area contributed by atoms with Crippen LogP contribution in [-0.2, 0) is 11.3 Å². The van der Waals surface area contributed by atoms with Crippen LogP contribution in [-0.4, -0.2) is 55.7 Å². The van der Waals surface area contributed by atoms with Gasteiger partial charge in [-0.2, -0.15) is 0 Å². The number of nitrogens with zero attached hydrogens (tertiary/aromatic N) is 3. The van der Waals surface area contributed by atoms with Crippen LogP contribution in [0.2, 0.25) is 0 Å². The third kappa shape index (κ3) is 5.74. The number of hydrogen-bond acceptors (Lipinski definition) is 4. The molecule has 1 fully saturated rings. The van der Waals surface area contributed by atoms with Gasteiger partial charge in [0.1, 0.15) is 5.82 Å². The molecule has 0 spiro atoms. The summed E-state index contributed by atoms with van der Waals surface area (Å²) in [6, 6.07) is 12.7. The molecule has 6 nitrogen and oxygen atoms in total. The van der Waals surface area contributed by atoms with Gasteiger partial charge in [-0.1, -0.05) is 18.2 Å². The lowest BCUT2D eigenvalue weighted by molar-refractivity contribution is 0.0170. The van der Waals surface area contributed by atoms with Crippen LogP contribution in [0.4, 0.5) is 4.39 Å². The first-order valence-electron chi connectivity index (χ1n) is 9.18. The number of aromatic nitrogens is 1. The zero-order valence-corrected chi connectivity index (χ0v) is 15.6. The molecule has 0 bridgehead atoms. The van der Waals surface area contributed by atoms with Gasteiger partial charge in [-0.15, -0.1) is 0 Å². The second kappa shape index (κ2) is 9.99. The summed E-state index contributed by atoms with van der Waals surface area (Å²) < 4.78 is 18.8. The van der Waals surface area contributed by atoms with E-state index in [1.807, 2.05) is 30.3 Å². The van der Waals surface area contributed by atoms with Crippen molar-refractivity contribution in [2.24, 2.45) is 4.99 Å². The highest BCUT2D eigenvalue weighted by Crippen LogP contribution is 2.21. The molecule has 1 aromatic heterocycles. The first-order valence-corrected chi connectivity index (χ1v) is 9.18. The van der Waals surface area contributed by atoms with Crippen molar-refractivity contribution in [1.82, 2.24) is 20.5 Å². The summed E-state index contributed by atoms with van der Waals surface area (Å²) in [4.78, 5) is 11.0. The molecule has 0 aliphatic carbocycles. The van der Waals surface area contributed by atoms with Gasteiger partial charge >= 0.3 is 0 Å². The van der Waals surface area contributed by atoms with Crippen LogP contribution in [0.25, 0.3) is 0 Å². The molecular weight excluding hydrogens is 345 g/mol. The van der Waals surface area contributed by atoms with E-state index in [1.165, 1.54) is 12.1 Å². The highest BCUT2D eigenvalue weighted by Gasteiger charge is 2.23.